The van der Waals surface area contributed by atoms with Crippen molar-refractivity contribution in [2.75, 3.05) is 0 Å². The SMILES string of the molecule is C1=C(SC2=CSSN2)NSS1. The molecule has 0 aliphatic carbocycles. The molecule has 2 aliphatic rings. The van der Waals surface area contributed by atoms with E-state index in [9.17, 15) is 0 Å². The van der Waals surface area contributed by atoms with Crippen molar-refractivity contribution < 1.29 is 0 Å². The molecular weight excluding hydrogens is 236 g/mol. The van der Waals surface area contributed by atoms with Crippen LogP contribution in [-0.2, 0) is 0 Å². The van der Waals surface area contributed by atoms with Gasteiger partial charge in [-0.05, 0) is 21.6 Å². The summed E-state index contributed by atoms with van der Waals surface area (Å²) in [5.41, 5.74) is 0. The third-order valence-electron chi connectivity index (χ3n) is 0.911. The minimum atomic E-state index is 1.21. The highest BCUT2D eigenvalue weighted by molar-refractivity contribution is 8.78. The van der Waals surface area contributed by atoms with Gasteiger partial charge in [-0.15, -0.1) is 0 Å². The Bertz CT molecular complexity index is 191. The van der Waals surface area contributed by atoms with Crippen molar-refractivity contribution in [1.29, 1.82) is 0 Å². The fourth-order valence-electron chi connectivity index (χ4n) is 0.522. The van der Waals surface area contributed by atoms with Crippen molar-refractivity contribution in [3.8, 4) is 0 Å². The second-order valence-electron chi connectivity index (χ2n) is 1.63. The lowest BCUT2D eigenvalue weighted by Gasteiger charge is -2.01. The molecule has 0 atom stereocenters. The summed E-state index contributed by atoms with van der Waals surface area (Å²) in [7, 11) is 6.74. The van der Waals surface area contributed by atoms with Crippen LogP contribution >= 0.6 is 55.3 Å². The highest BCUT2D eigenvalue weighted by Gasteiger charge is 2.11. The maximum Gasteiger partial charge on any atom is 0.0923 e. The molecule has 2 N–H and O–H groups in total. The van der Waals surface area contributed by atoms with Gasteiger partial charge in [-0.1, -0.05) is 11.8 Å². The van der Waals surface area contributed by atoms with Gasteiger partial charge < -0.3 is 9.44 Å². The van der Waals surface area contributed by atoms with Gasteiger partial charge in [0, 0.05) is 32.8 Å². The van der Waals surface area contributed by atoms with E-state index >= 15 is 0 Å². The summed E-state index contributed by atoms with van der Waals surface area (Å²) in [5.74, 6) is 0. The van der Waals surface area contributed by atoms with Gasteiger partial charge >= 0.3 is 0 Å². The molecule has 0 bridgehead atoms. The molecule has 2 rings (SSSR count). The van der Waals surface area contributed by atoms with Crippen LogP contribution in [0.15, 0.2) is 20.9 Å². The summed E-state index contributed by atoms with van der Waals surface area (Å²) in [6.07, 6.45) is 0. The molecule has 0 spiro atoms. The van der Waals surface area contributed by atoms with Gasteiger partial charge in [0.1, 0.15) is 0 Å². The highest BCUT2D eigenvalue weighted by Crippen LogP contribution is 2.41. The Morgan fingerprint density at radius 2 is 1.55 bits per heavy atom. The van der Waals surface area contributed by atoms with Crippen LogP contribution in [0.4, 0.5) is 0 Å². The van der Waals surface area contributed by atoms with Gasteiger partial charge in [0.15, 0.2) is 0 Å². The van der Waals surface area contributed by atoms with E-state index < -0.39 is 0 Å². The number of hydrogen-bond acceptors (Lipinski definition) is 7. The molecule has 60 valence electrons. The van der Waals surface area contributed by atoms with Crippen molar-refractivity contribution in [1.82, 2.24) is 9.44 Å². The topological polar surface area (TPSA) is 24.1 Å². The third kappa shape index (κ3) is 2.38. The molecule has 0 amide bonds. The molecule has 0 aromatic rings. The fourth-order valence-corrected chi connectivity index (χ4v) is 5.31. The summed E-state index contributed by atoms with van der Waals surface area (Å²) in [4.78, 5) is 0. The minimum absolute atomic E-state index is 1.21. The largest absolute Gasteiger partial charge is 0.314 e. The van der Waals surface area contributed by atoms with Crippen molar-refractivity contribution >= 4 is 55.3 Å². The standard InChI is InChI=1S/C4H4N2S5/c1-3(5-10-7-1)9-4-2-8-11-6-4/h1-2,5-6H. The van der Waals surface area contributed by atoms with Crippen molar-refractivity contribution in [2.45, 2.75) is 0 Å². The first-order chi connectivity index (χ1) is 5.45. The van der Waals surface area contributed by atoms with E-state index in [1.54, 1.807) is 55.3 Å². The fraction of sp³-hybridized carbons (Fsp3) is 0. The summed E-state index contributed by atoms with van der Waals surface area (Å²) < 4.78 is 6.38. The Morgan fingerprint density at radius 3 is 1.91 bits per heavy atom. The number of rotatable bonds is 2. The average Bonchev–Trinajstić information content (AvgIpc) is 2.60. The maximum atomic E-state index is 3.19. The molecule has 2 aliphatic heterocycles. The maximum absolute atomic E-state index is 3.19. The third-order valence-corrected chi connectivity index (χ3v) is 5.46. The first-order valence-electron chi connectivity index (χ1n) is 2.70. The van der Waals surface area contributed by atoms with Crippen LogP contribution in [0.5, 0.6) is 0 Å². The van der Waals surface area contributed by atoms with Crippen LogP contribution in [-0.4, -0.2) is 0 Å². The first-order valence-corrected chi connectivity index (χ1v) is 7.94. The van der Waals surface area contributed by atoms with Crippen LogP contribution < -0.4 is 9.44 Å². The van der Waals surface area contributed by atoms with Crippen LogP contribution in [0, 0.1) is 0 Å². The van der Waals surface area contributed by atoms with Crippen molar-refractivity contribution in [3.63, 3.8) is 0 Å². The molecule has 7 heteroatoms. The predicted octanol–water partition coefficient (Wildman–Crippen LogP) is 3.12. The Hall–Kier alpha value is 0.830. The monoisotopic (exact) mass is 240 g/mol. The normalized spacial score (nSPS) is 22.2. The molecule has 0 saturated carbocycles. The second-order valence-corrected chi connectivity index (χ2v) is 6.47. The Kier molecular flexibility index (Phi) is 3.20. The number of nitrogens with one attached hydrogen (secondary N) is 2. The first kappa shape index (κ1) is 8.43. The summed E-state index contributed by atoms with van der Waals surface area (Å²) in [6, 6.07) is 0. The predicted molar refractivity (Wildman–Crippen MR) is 60.4 cm³/mol. The Balaban J connectivity index is 1.89. The summed E-state index contributed by atoms with van der Waals surface area (Å²) in [6.45, 7) is 0. The lowest BCUT2D eigenvalue weighted by Crippen LogP contribution is -1.98. The van der Waals surface area contributed by atoms with E-state index in [4.69, 9.17) is 0 Å². The Labute approximate surface area is 85.2 Å². The van der Waals surface area contributed by atoms with Crippen molar-refractivity contribution in [2.24, 2.45) is 0 Å². The van der Waals surface area contributed by atoms with Gasteiger partial charge in [0.05, 0.1) is 10.1 Å². The highest BCUT2D eigenvalue weighted by atomic mass is 33.1. The zero-order valence-corrected chi connectivity index (χ0v) is 9.28. The summed E-state index contributed by atoms with van der Waals surface area (Å²) in [5, 5.41) is 6.65. The van der Waals surface area contributed by atoms with Gasteiger partial charge in [-0.3, -0.25) is 0 Å². The van der Waals surface area contributed by atoms with Gasteiger partial charge in [-0.2, -0.15) is 0 Å². The van der Waals surface area contributed by atoms with E-state index in [2.05, 4.69) is 20.3 Å². The molecule has 0 unspecified atom stereocenters. The van der Waals surface area contributed by atoms with Crippen LogP contribution in [0.1, 0.15) is 0 Å². The summed E-state index contributed by atoms with van der Waals surface area (Å²) >= 11 is 1.73. The van der Waals surface area contributed by atoms with E-state index in [-0.39, 0.29) is 0 Å². The minimum Gasteiger partial charge on any atom is -0.314 e. The quantitative estimate of drug-likeness (QED) is 0.565. The molecule has 11 heavy (non-hydrogen) atoms. The van der Waals surface area contributed by atoms with E-state index in [0.29, 0.717) is 0 Å². The van der Waals surface area contributed by atoms with E-state index in [0.717, 1.165) is 0 Å². The Morgan fingerprint density at radius 1 is 1.00 bits per heavy atom. The number of thioether (sulfide) groups is 1. The average molecular weight is 240 g/mol. The molecule has 2 heterocycles. The van der Waals surface area contributed by atoms with E-state index in [1.165, 1.54) is 10.1 Å². The number of hydrogen-bond donors (Lipinski definition) is 2. The van der Waals surface area contributed by atoms with E-state index in [1.807, 2.05) is 0 Å². The molecular formula is C4H4N2S5. The molecule has 0 radical (unpaired) electrons. The molecule has 0 aromatic carbocycles. The molecule has 0 fully saturated rings. The molecule has 2 nitrogen and oxygen atoms in total. The van der Waals surface area contributed by atoms with Gasteiger partial charge in [0.25, 0.3) is 0 Å². The zero-order valence-electron chi connectivity index (χ0n) is 5.20. The zero-order chi connectivity index (χ0) is 7.52. The second kappa shape index (κ2) is 4.18. The van der Waals surface area contributed by atoms with Crippen molar-refractivity contribution in [3.05, 3.63) is 20.9 Å². The van der Waals surface area contributed by atoms with Gasteiger partial charge in [0.2, 0.25) is 0 Å². The smallest absolute Gasteiger partial charge is 0.0923 e. The van der Waals surface area contributed by atoms with Crippen LogP contribution in [0.25, 0.3) is 0 Å². The lowest BCUT2D eigenvalue weighted by atomic mass is 11.0. The molecule has 0 saturated heterocycles. The van der Waals surface area contributed by atoms with Crippen LogP contribution in [0.2, 0.25) is 0 Å². The molecule has 0 aromatic heterocycles. The van der Waals surface area contributed by atoms with Crippen LogP contribution in [0.3, 0.4) is 0 Å². The van der Waals surface area contributed by atoms with Gasteiger partial charge in [-0.25, -0.2) is 0 Å². The lowest BCUT2D eigenvalue weighted by molar-refractivity contribution is 1.38.